The van der Waals surface area contributed by atoms with Gasteiger partial charge in [-0.1, -0.05) is 37.6 Å². The van der Waals surface area contributed by atoms with Crippen LogP contribution in [0, 0.1) is 23.7 Å². The minimum absolute atomic E-state index is 0.801. The summed E-state index contributed by atoms with van der Waals surface area (Å²) in [7, 11) is 0. The first-order valence-electron chi connectivity index (χ1n) is 6.44. The minimum Gasteiger partial charge on any atom is -0.0996 e. The van der Waals surface area contributed by atoms with Gasteiger partial charge in [0.05, 0.1) is 0 Å². The zero-order valence-corrected chi connectivity index (χ0v) is 10.4. The van der Waals surface area contributed by atoms with Gasteiger partial charge in [-0.2, -0.15) is 0 Å². The number of allylic oxidation sites excluding steroid dienone is 3. The maximum Gasteiger partial charge on any atom is -0.0134 e. The zero-order valence-electron chi connectivity index (χ0n) is 10.4. The first-order valence-corrected chi connectivity index (χ1v) is 6.44. The predicted octanol–water partition coefficient (Wildman–Crippen LogP) is 4.58. The molecule has 3 atom stereocenters. The maximum absolute atomic E-state index is 4.29. The lowest BCUT2D eigenvalue weighted by Gasteiger charge is -2.43. The fourth-order valence-corrected chi connectivity index (χ4v) is 3.51. The van der Waals surface area contributed by atoms with E-state index >= 15 is 0 Å². The highest BCUT2D eigenvalue weighted by atomic mass is 14.4. The van der Waals surface area contributed by atoms with Crippen molar-refractivity contribution in [2.75, 3.05) is 0 Å². The molecule has 2 rings (SSSR count). The Morgan fingerprint density at radius 1 is 1.27 bits per heavy atom. The Bertz CT molecular complexity index is 282. The molecule has 0 aromatic rings. The molecule has 0 aliphatic heterocycles. The molecule has 15 heavy (non-hydrogen) atoms. The Balaban J connectivity index is 2.24. The van der Waals surface area contributed by atoms with E-state index in [-0.39, 0.29) is 0 Å². The van der Waals surface area contributed by atoms with E-state index in [0.717, 1.165) is 23.7 Å². The molecule has 0 heterocycles. The van der Waals surface area contributed by atoms with Crippen molar-refractivity contribution in [2.45, 2.75) is 46.5 Å². The van der Waals surface area contributed by atoms with Crippen LogP contribution in [-0.4, -0.2) is 0 Å². The van der Waals surface area contributed by atoms with Gasteiger partial charge in [0.1, 0.15) is 0 Å². The van der Waals surface area contributed by atoms with Crippen LogP contribution >= 0.6 is 0 Å². The zero-order chi connectivity index (χ0) is 11.0. The van der Waals surface area contributed by atoms with Crippen molar-refractivity contribution in [3.05, 3.63) is 23.8 Å². The molecule has 0 aromatic carbocycles. The predicted molar refractivity (Wildman–Crippen MR) is 66.7 cm³/mol. The summed E-state index contributed by atoms with van der Waals surface area (Å²) in [4.78, 5) is 0. The second-order valence-corrected chi connectivity index (χ2v) is 5.84. The first kappa shape index (κ1) is 11.0. The molecule has 2 aliphatic carbocycles. The van der Waals surface area contributed by atoms with Gasteiger partial charge in [0.25, 0.3) is 0 Å². The summed E-state index contributed by atoms with van der Waals surface area (Å²) in [6.07, 6.45) is 7.85. The third kappa shape index (κ3) is 2.04. The highest BCUT2D eigenvalue weighted by molar-refractivity contribution is 5.19. The summed E-state index contributed by atoms with van der Waals surface area (Å²) < 4.78 is 0. The molecule has 0 nitrogen and oxygen atoms in total. The van der Waals surface area contributed by atoms with E-state index in [9.17, 15) is 0 Å². The quantitative estimate of drug-likeness (QED) is 0.548. The molecule has 1 fully saturated rings. The SMILES string of the molecule is C=C1CC[C@H](C(C)C)[C@H]2C=C(C)CC[C@@H]12. The lowest BCUT2D eigenvalue weighted by atomic mass is 9.62. The molecule has 2 aliphatic rings. The van der Waals surface area contributed by atoms with Gasteiger partial charge in [-0.05, 0) is 56.3 Å². The van der Waals surface area contributed by atoms with Crippen molar-refractivity contribution in [2.24, 2.45) is 23.7 Å². The molecule has 0 bridgehead atoms. The van der Waals surface area contributed by atoms with Crippen LogP contribution < -0.4 is 0 Å². The van der Waals surface area contributed by atoms with Crippen molar-refractivity contribution in [3.8, 4) is 0 Å². The summed E-state index contributed by atoms with van der Waals surface area (Å²) >= 11 is 0. The maximum atomic E-state index is 4.29. The molecule has 0 unspecified atom stereocenters. The van der Waals surface area contributed by atoms with Gasteiger partial charge in [0.2, 0.25) is 0 Å². The highest BCUT2D eigenvalue weighted by Crippen LogP contribution is 2.47. The number of fused-ring (bicyclic) bond motifs is 1. The van der Waals surface area contributed by atoms with Crippen molar-refractivity contribution < 1.29 is 0 Å². The second-order valence-electron chi connectivity index (χ2n) is 5.84. The summed E-state index contributed by atoms with van der Waals surface area (Å²) in [5, 5.41) is 0. The van der Waals surface area contributed by atoms with Crippen LogP contribution in [0.15, 0.2) is 23.8 Å². The van der Waals surface area contributed by atoms with Crippen LogP contribution in [0.25, 0.3) is 0 Å². The Hall–Kier alpha value is -0.520. The smallest absolute Gasteiger partial charge is 0.0134 e. The molecule has 0 N–H and O–H groups in total. The van der Waals surface area contributed by atoms with E-state index in [4.69, 9.17) is 0 Å². The molecule has 0 amide bonds. The van der Waals surface area contributed by atoms with Gasteiger partial charge in [0, 0.05) is 0 Å². The summed E-state index contributed by atoms with van der Waals surface area (Å²) in [6.45, 7) is 11.3. The van der Waals surface area contributed by atoms with E-state index in [1.807, 2.05) is 0 Å². The molecular formula is C15H24. The largest absolute Gasteiger partial charge is 0.0996 e. The molecular weight excluding hydrogens is 180 g/mol. The summed E-state index contributed by atoms with van der Waals surface area (Å²) in [5.41, 5.74) is 3.14. The van der Waals surface area contributed by atoms with Gasteiger partial charge in [-0.25, -0.2) is 0 Å². The third-order valence-corrected chi connectivity index (χ3v) is 4.47. The van der Waals surface area contributed by atoms with Crippen LogP contribution in [-0.2, 0) is 0 Å². The van der Waals surface area contributed by atoms with Crippen molar-refractivity contribution in [1.82, 2.24) is 0 Å². The highest BCUT2D eigenvalue weighted by Gasteiger charge is 2.36. The lowest BCUT2D eigenvalue weighted by molar-refractivity contribution is 0.179. The normalized spacial score (nSPS) is 36.4. The third-order valence-electron chi connectivity index (χ3n) is 4.47. The van der Waals surface area contributed by atoms with E-state index in [0.29, 0.717) is 0 Å². The van der Waals surface area contributed by atoms with E-state index in [2.05, 4.69) is 33.4 Å². The standard InChI is InChI=1S/C15H24/c1-10(2)13-8-6-12(4)14-7-5-11(3)9-15(13)14/h9-10,13-15H,4-8H2,1-3H3/t13-,14+,15-/m1/s1. The van der Waals surface area contributed by atoms with Gasteiger partial charge < -0.3 is 0 Å². The Kier molecular flexibility index (Phi) is 3.04. The fourth-order valence-electron chi connectivity index (χ4n) is 3.51. The monoisotopic (exact) mass is 204 g/mol. The van der Waals surface area contributed by atoms with Crippen LogP contribution in [0.4, 0.5) is 0 Å². The Labute approximate surface area is 94.5 Å². The lowest BCUT2D eigenvalue weighted by Crippen LogP contribution is -2.33. The topological polar surface area (TPSA) is 0 Å². The minimum atomic E-state index is 0.801. The Morgan fingerprint density at radius 3 is 2.67 bits per heavy atom. The average Bonchev–Trinajstić information content (AvgIpc) is 2.17. The van der Waals surface area contributed by atoms with Crippen LogP contribution in [0.5, 0.6) is 0 Å². The number of rotatable bonds is 1. The average molecular weight is 204 g/mol. The summed E-state index contributed by atoms with van der Waals surface area (Å²) in [6, 6.07) is 0. The number of hydrogen-bond acceptors (Lipinski definition) is 0. The molecule has 0 heteroatoms. The van der Waals surface area contributed by atoms with Gasteiger partial charge in [-0.15, -0.1) is 0 Å². The Morgan fingerprint density at radius 2 is 2.00 bits per heavy atom. The van der Waals surface area contributed by atoms with Gasteiger partial charge in [-0.3, -0.25) is 0 Å². The van der Waals surface area contributed by atoms with Crippen LogP contribution in [0.3, 0.4) is 0 Å². The van der Waals surface area contributed by atoms with Gasteiger partial charge >= 0.3 is 0 Å². The van der Waals surface area contributed by atoms with Crippen LogP contribution in [0.2, 0.25) is 0 Å². The van der Waals surface area contributed by atoms with Crippen molar-refractivity contribution >= 4 is 0 Å². The fraction of sp³-hybridized carbons (Fsp3) is 0.733. The molecule has 0 spiro atoms. The van der Waals surface area contributed by atoms with E-state index < -0.39 is 0 Å². The van der Waals surface area contributed by atoms with Crippen molar-refractivity contribution in [3.63, 3.8) is 0 Å². The molecule has 1 saturated carbocycles. The molecule has 0 radical (unpaired) electrons. The van der Waals surface area contributed by atoms with Crippen LogP contribution in [0.1, 0.15) is 46.5 Å². The first-order chi connectivity index (χ1) is 7.09. The van der Waals surface area contributed by atoms with Gasteiger partial charge in [0.15, 0.2) is 0 Å². The van der Waals surface area contributed by atoms with Crippen molar-refractivity contribution in [1.29, 1.82) is 0 Å². The summed E-state index contributed by atoms with van der Waals surface area (Å²) in [5.74, 6) is 3.33. The molecule has 0 aromatic heterocycles. The number of hydrogen-bond donors (Lipinski definition) is 0. The second kappa shape index (κ2) is 4.15. The van der Waals surface area contributed by atoms with E-state index in [1.165, 1.54) is 31.3 Å². The molecule has 0 saturated heterocycles. The van der Waals surface area contributed by atoms with E-state index in [1.54, 1.807) is 5.57 Å². The molecule has 84 valence electrons.